The van der Waals surface area contributed by atoms with Crippen LogP contribution < -0.4 is 5.32 Å². The van der Waals surface area contributed by atoms with Crippen molar-refractivity contribution < 1.29 is 14.3 Å². The Labute approximate surface area is 96.0 Å². The number of esters is 1. The predicted octanol–water partition coefficient (Wildman–Crippen LogP) is 0.876. The second kappa shape index (κ2) is 5.46. The van der Waals surface area contributed by atoms with Crippen molar-refractivity contribution in [2.75, 3.05) is 33.4 Å². The second-order valence-corrected chi connectivity index (χ2v) is 4.31. The molecule has 0 bridgehead atoms. The average Bonchev–Trinajstić information content (AvgIpc) is 2.39. The van der Waals surface area contributed by atoms with Crippen LogP contribution in [0.5, 0.6) is 0 Å². The molecule has 4 heteroatoms. The van der Waals surface area contributed by atoms with E-state index in [1.807, 2.05) is 0 Å². The molecule has 0 saturated carbocycles. The zero-order valence-electron chi connectivity index (χ0n) is 9.75. The molecular formula is C12H19NO3. The van der Waals surface area contributed by atoms with E-state index in [1.165, 1.54) is 12.7 Å². The van der Waals surface area contributed by atoms with E-state index < -0.39 is 0 Å². The van der Waals surface area contributed by atoms with Gasteiger partial charge >= 0.3 is 5.97 Å². The maximum Gasteiger partial charge on any atom is 0.335 e. The Morgan fingerprint density at radius 3 is 2.88 bits per heavy atom. The number of rotatable bonds is 2. The molecule has 0 spiro atoms. The number of methoxy groups -OCH3 is 1. The van der Waals surface area contributed by atoms with Crippen molar-refractivity contribution in [1.82, 2.24) is 5.32 Å². The largest absolute Gasteiger partial charge is 0.466 e. The molecule has 0 radical (unpaired) electrons. The summed E-state index contributed by atoms with van der Waals surface area (Å²) in [6, 6.07) is 0. The molecule has 4 nitrogen and oxygen atoms in total. The first kappa shape index (κ1) is 11.6. The van der Waals surface area contributed by atoms with Gasteiger partial charge in [0.25, 0.3) is 0 Å². The zero-order chi connectivity index (χ0) is 11.4. The number of hydrogen-bond acceptors (Lipinski definition) is 4. The number of nitrogens with one attached hydrogen (secondary N) is 1. The molecule has 1 saturated heterocycles. The van der Waals surface area contributed by atoms with Crippen LogP contribution in [0.1, 0.15) is 19.3 Å². The van der Waals surface area contributed by atoms with Crippen LogP contribution in [-0.4, -0.2) is 39.4 Å². The van der Waals surface area contributed by atoms with E-state index in [-0.39, 0.29) is 5.97 Å². The van der Waals surface area contributed by atoms with Crippen LogP contribution >= 0.6 is 0 Å². The van der Waals surface area contributed by atoms with Gasteiger partial charge in [0.15, 0.2) is 0 Å². The van der Waals surface area contributed by atoms with Gasteiger partial charge < -0.3 is 14.8 Å². The van der Waals surface area contributed by atoms with E-state index in [2.05, 4.69) is 5.32 Å². The molecule has 2 heterocycles. The molecule has 0 atom stereocenters. The van der Waals surface area contributed by atoms with Crippen LogP contribution in [0.2, 0.25) is 0 Å². The van der Waals surface area contributed by atoms with Crippen LogP contribution in [0.3, 0.4) is 0 Å². The maximum atomic E-state index is 11.7. The lowest BCUT2D eigenvalue weighted by molar-refractivity contribution is -0.136. The lowest BCUT2D eigenvalue weighted by Gasteiger charge is -2.29. The topological polar surface area (TPSA) is 47.6 Å². The van der Waals surface area contributed by atoms with Crippen molar-refractivity contribution >= 4 is 5.97 Å². The summed E-state index contributed by atoms with van der Waals surface area (Å²) in [4.78, 5) is 11.7. The first-order valence-electron chi connectivity index (χ1n) is 5.91. The minimum atomic E-state index is -0.173. The Kier molecular flexibility index (Phi) is 3.96. The van der Waals surface area contributed by atoms with Gasteiger partial charge in [-0.3, -0.25) is 0 Å². The normalized spacial score (nSPS) is 23.3. The first-order chi connectivity index (χ1) is 7.83. The Balaban J connectivity index is 2.17. The molecule has 0 unspecified atom stereocenters. The Morgan fingerprint density at radius 2 is 2.19 bits per heavy atom. The van der Waals surface area contributed by atoms with Crippen LogP contribution in [0.15, 0.2) is 11.1 Å². The molecule has 0 aliphatic carbocycles. The number of carbonyl (C=O) groups is 1. The van der Waals surface area contributed by atoms with Gasteiger partial charge in [0.2, 0.25) is 0 Å². The van der Waals surface area contributed by atoms with Crippen LogP contribution in [0, 0.1) is 5.92 Å². The van der Waals surface area contributed by atoms with Crippen molar-refractivity contribution in [3.05, 3.63) is 11.1 Å². The third-order valence-electron chi connectivity index (χ3n) is 3.41. The van der Waals surface area contributed by atoms with Gasteiger partial charge in [-0.2, -0.15) is 0 Å². The smallest absolute Gasteiger partial charge is 0.335 e. The highest BCUT2D eigenvalue weighted by atomic mass is 16.5. The highest BCUT2D eigenvalue weighted by Crippen LogP contribution is 2.29. The summed E-state index contributed by atoms with van der Waals surface area (Å²) >= 11 is 0. The summed E-state index contributed by atoms with van der Waals surface area (Å²) in [5.74, 6) is 0.346. The minimum absolute atomic E-state index is 0.173. The van der Waals surface area contributed by atoms with Crippen LogP contribution in [-0.2, 0) is 14.3 Å². The lowest BCUT2D eigenvalue weighted by atomic mass is 9.84. The molecule has 16 heavy (non-hydrogen) atoms. The van der Waals surface area contributed by atoms with Crippen LogP contribution in [0.25, 0.3) is 0 Å². The summed E-state index contributed by atoms with van der Waals surface area (Å²) in [5, 5.41) is 3.23. The molecule has 0 aromatic carbocycles. The summed E-state index contributed by atoms with van der Waals surface area (Å²) in [7, 11) is 1.45. The van der Waals surface area contributed by atoms with Gasteiger partial charge in [-0.05, 0) is 31.7 Å². The Hall–Kier alpha value is -0.870. The minimum Gasteiger partial charge on any atom is -0.466 e. The van der Waals surface area contributed by atoms with Gasteiger partial charge in [-0.15, -0.1) is 0 Å². The number of ether oxygens (including phenoxy) is 2. The fourth-order valence-corrected chi connectivity index (χ4v) is 2.52. The zero-order valence-corrected chi connectivity index (χ0v) is 9.75. The molecule has 2 rings (SSSR count). The second-order valence-electron chi connectivity index (χ2n) is 4.31. The molecular weight excluding hydrogens is 206 g/mol. The van der Waals surface area contributed by atoms with Crippen molar-refractivity contribution in [2.45, 2.75) is 19.3 Å². The monoisotopic (exact) mass is 225 g/mol. The van der Waals surface area contributed by atoms with Gasteiger partial charge in [0, 0.05) is 19.8 Å². The van der Waals surface area contributed by atoms with Gasteiger partial charge in [0.1, 0.15) is 0 Å². The van der Waals surface area contributed by atoms with E-state index in [0.717, 1.165) is 44.6 Å². The molecule has 2 aliphatic heterocycles. The quantitative estimate of drug-likeness (QED) is 0.709. The highest BCUT2D eigenvalue weighted by Gasteiger charge is 2.26. The molecule has 2 aliphatic rings. The standard InChI is InChI=1S/C12H19NO3/c1-15-12(14)11-8-13-5-2-10(11)9-3-6-16-7-4-9/h9,13H,2-8H2,1H3. The van der Waals surface area contributed by atoms with Gasteiger partial charge in [-0.1, -0.05) is 5.57 Å². The number of hydrogen-bond donors (Lipinski definition) is 1. The van der Waals surface area contributed by atoms with E-state index in [4.69, 9.17) is 9.47 Å². The molecule has 0 aromatic rings. The van der Waals surface area contributed by atoms with Gasteiger partial charge in [-0.25, -0.2) is 4.79 Å². The lowest BCUT2D eigenvalue weighted by Crippen LogP contribution is -2.33. The SMILES string of the molecule is COC(=O)C1=C(C2CCOCC2)CCNC1. The summed E-state index contributed by atoms with van der Waals surface area (Å²) in [6.45, 7) is 3.25. The van der Waals surface area contributed by atoms with Crippen molar-refractivity contribution in [1.29, 1.82) is 0 Å². The Morgan fingerprint density at radius 1 is 1.44 bits per heavy atom. The third kappa shape index (κ3) is 2.44. The average molecular weight is 225 g/mol. The molecule has 90 valence electrons. The summed E-state index contributed by atoms with van der Waals surface area (Å²) < 4.78 is 10.2. The molecule has 0 amide bonds. The van der Waals surface area contributed by atoms with E-state index in [1.54, 1.807) is 0 Å². The van der Waals surface area contributed by atoms with E-state index in [9.17, 15) is 4.79 Å². The maximum absolute atomic E-state index is 11.7. The third-order valence-corrected chi connectivity index (χ3v) is 3.41. The predicted molar refractivity (Wildman–Crippen MR) is 60.1 cm³/mol. The highest BCUT2D eigenvalue weighted by molar-refractivity contribution is 5.90. The molecule has 1 N–H and O–H groups in total. The summed E-state index contributed by atoms with van der Waals surface area (Å²) in [5.41, 5.74) is 2.15. The van der Waals surface area contributed by atoms with Crippen molar-refractivity contribution in [3.63, 3.8) is 0 Å². The fraction of sp³-hybridized carbons (Fsp3) is 0.750. The fourth-order valence-electron chi connectivity index (χ4n) is 2.52. The summed E-state index contributed by atoms with van der Waals surface area (Å²) in [6.07, 6.45) is 3.04. The van der Waals surface area contributed by atoms with Crippen molar-refractivity contribution in [3.8, 4) is 0 Å². The van der Waals surface area contributed by atoms with Crippen molar-refractivity contribution in [2.24, 2.45) is 5.92 Å². The van der Waals surface area contributed by atoms with Crippen LogP contribution in [0.4, 0.5) is 0 Å². The number of carbonyl (C=O) groups excluding carboxylic acids is 1. The molecule has 0 aromatic heterocycles. The Bertz CT molecular complexity index is 293. The van der Waals surface area contributed by atoms with E-state index >= 15 is 0 Å². The van der Waals surface area contributed by atoms with Gasteiger partial charge in [0.05, 0.1) is 12.7 Å². The van der Waals surface area contributed by atoms with E-state index in [0.29, 0.717) is 12.5 Å². The first-order valence-corrected chi connectivity index (χ1v) is 5.91. The molecule has 1 fully saturated rings.